The van der Waals surface area contributed by atoms with Crippen LogP contribution in [0.4, 0.5) is 22.4 Å². The number of aromatic amines is 1. The van der Waals surface area contributed by atoms with Gasteiger partial charge in [-0.25, -0.2) is 9.78 Å². The standard InChI is InChI=1S/C22H30N8O2/c1-12-5-7-14(30(21(31)32)22(2,3)4)11-29(12)18-10-16(25-20(24)26-18)13-6-8-15-17(9-13)27-28-19(15)23/h6,8-10,12,14H,5,7,11H2,1-4H3,(H,31,32)(H3,23,27,28)(H2,24,25,26). The lowest BCUT2D eigenvalue weighted by Crippen LogP contribution is -2.58. The monoisotopic (exact) mass is 438 g/mol. The van der Waals surface area contributed by atoms with Gasteiger partial charge in [-0.3, -0.25) is 10.00 Å². The molecule has 1 amide bonds. The number of carbonyl (C=O) groups is 1. The molecule has 6 N–H and O–H groups in total. The van der Waals surface area contributed by atoms with E-state index in [0.29, 0.717) is 23.9 Å². The highest BCUT2D eigenvalue weighted by Gasteiger charge is 2.38. The molecule has 1 aliphatic heterocycles. The molecule has 2 aromatic heterocycles. The molecule has 32 heavy (non-hydrogen) atoms. The first-order valence-electron chi connectivity index (χ1n) is 10.7. The number of nitrogen functional groups attached to an aromatic ring is 2. The maximum Gasteiger partial charge on any atom is 0.408 e. The van der Waals surface area contributed by atoms with Crippen molar-refractivity contribution in [2.45, 2.75) is 58.2 Å². The van der Waals surface area contributed by atoms with E-state index in [9.17, 15) is 9.90 Å². The second kappa shape index (κ2) is 7.85. The zero-order valence-corrected chi connectivity index (χ0v) is 18.8. The Morgan fingerprint density at radius 1 is 1.22 bits per heavy atom. The van der Waals surface area contributed by atoms with E-state index in [4.69, 9.17) is 11.5 Å². The number of carboxylic acid groups (broad SMARTS) is 1. The summed E-state index contributed by atoms with van der Waals surface area (Å²) in [4.78, 5) is 24.6. The van der Waals surface area contributed by atoms with Crippen LogP contribution < -0.4 is 16.4 Å². The van der Waals surface area contributed by atoms with Crippen molar-refractivity contribution in [1.82, 2.24) is 25.1 Å². The molecule has 10 nitrogen and oxygen atoms in total. The molecule has 1 aliphatic rings. The minimum absolute atomic E-state index is 0.146. The maximum atomic E-state index is 12.0. The zero-order chi connectivity index (χ0) is 23.2. The molecule has 10 heteroatoms. The quantitative estimate of drug-likeness (QED) is 0.486. The van der Waals surface area contributed by atoms with Gasteiger partial charge in [-0.05, 0) is 52.7 Å². The normalized spacial score (nSPS) is 19.3. The molecule has 0 bridgehead atoms. The summed E-state index contributed by atoms with van der Waals surface area (Å²) < 4.78 is 0. The van der Waals surface area contributed by atoms with E-state index in [1.165, 1.54) is 0 Å². The summed E-state index contributed by atoms with van der Waals surface area (Å²) in [7, 11) is 0. The number of nitrogens with two attached hydrogens (primary N) is 2. The Morgan fingerprint density at radius 3 is 2.66 bits per heavy atom. The fourth-order valence-electron chi connectivity index (χ4n) is 4.56. The Kier molecular flexibility index (Phi) is 5.31. The van der Waals surface area contributed by atoms with Crippen LogP contribution in [0.5, 0.6) is 0 Å². The van der Waals surface area contributed by atoms with Crippen molar-refractivity contribution in [1.29, 1.82) is 0 Å². The number of hydrogen-bond acceptors (Lipinski definition) is 7. The Hall–Kier alpha value is -3.56. The summed E-state index contributed by atoms with van der Waals surface area (Å²) >= 11 is 0. The van der Waals surface area contributed by atoms with Gasteiger partial charge in [0.05, 0.1) is 17.3 Å². The number of fused-ring (bicyclic) bond motifs is 1. The summed E-state index contributed by atoms with van der Waals surface area (Å²) in [5.74, 6) is 1.31. The summed E-state index contributed by atoms with van der Waals surface area (Å²) in [5, 5.41) is 17.7. The van der Waals surface area contributed by atoms with Crippen molar-refractivity contribution >= 4 is 34.6 Å². The van der Waals surface area contributed by atoms with Gasteiger partial charge >= 0.3 is 6.09 Å². The van der Waals surface area contributed by atoms with Crippen LogP contribution >= 0.6 is 0 Å². The number of nitrogens with zero attached hydrogens (tertiary/aromatic N) is 5. The Morgan fingerprint density at radius 2 is 1.97 bits per heavy atom. The minimum atomic E-state index is -0.910. The third-order valence-electron chi connectivity index (χ3n) is 6.06. The van der Waals surface area contributed by atoms with Crippen molar-refractivity contribution in [2.75, 3.05) is 22.9 Å². The second-order valence-corrected chi connectivity index (χ2v) is 9.39. The van der Waals surface area contributed by atoms with Crippen LogP contribution in [-0.4, -0.2) is 60.4 Å². The Balaban J connectivity index is 1.69. The molecule has 4 rings (SSSR count). The van der Waals surface area contributed by atoms with E-state index in [1.807, 2.05) is 45.0 Å². The fraction of sp³-hybridized carbons (Fsp3) is 0.455. The van der Waals surface area contributed by atoms with Gasteiger partial charge in [-0.2, -0.15) is 10.1 Å². The average Bonchev–Trinajstić information content (AvgIpc) is 3.08. The molecule has 170 valence electrons. The number of anilines is 3. The molecule has 0 aliphatic carbocycles. The molecule has 3 aromatic rings. The molecule has 0 radical (unpaired) electrons. The smallest absolute Gasteiger partial charge is 0.408 e. The van der Waals surface area contributed by atoms with Crippen molar-refractivity contribution in [3.63, 3.8) is 0 Å². The molecule has 0 saturated carbocycles. The van der Waals surface area contributed by atoms with E-state index >= 15 is 0 Å². The van der Waals surface area contributed by atoms with E-state index in [2.05, 4.69) is 32.0 Å². The van der Waals surface area contributed by atoms with Gasteiger partial charge < -0.3 is 21.5 Å². The maximum absolute atomic E-state index is 12.0. The lowest BCUT2D eigenvalue weighted by molar-refractivity contribution is 0.0621. The van der Waals surface area contributed by atoms with Crippen molar-refractivity contribution in [2.24, 2.45) is 0 Å². The number of rotatable bonds is 3. The minimum Gasteiger partial charge on any atom is -0.465 e. The van der Waals surface area contributed by atoms with Crippen molar-refractivity contribution in [3.05, 3.63) is 24.3 Å². The first-order valence-corrected chi connectivity index (χ1v) is 10.7. The van der Waals surface area contributed by atoms with Gasteiger partial charge in [0.15, 0.2) is 5.82 Å². The number of piperidine rings is 1. The topological polar surface area (TPSA) is 150 Å². The van der Waals surface area contributed by atoms with Gasteiger partial charge in [-0.1, -0.05) is 6.07 Å². The molecule has 1 saturated heterocycles. The van der Waals surface area contributed by atoms with Crippen LogP contribution in [0.2, 0.25) is 0 Å². The first-order chi connectivity index (χ1) is 15.0. The van der Waals surface area contributed by atoms with Crippen LogP contribution in [0, 0.1) is 0 Å². The fourth-order valence-corrected chi connectivity index (χ4v) is 4.56. The summed E-state index contributed by atoms with van der Waals surface area (Å²) in [6.45, 7) is 8.42. The van der Waals surface area contributed by atoms with Gasteiger partial charge in [0, 0.05) is 35.1 Å². The number of benzene rings is 1. The third kappa shape index (κ3) is 4.00. The Bertz CT molecular complexity index is 1150. The van der Waals surface area contributed by atoms with Crippen molar-refractivity contribution in [3.8, 4) is 11.3 Å². The lowest BCUT2D eigenvalue weighted by atomic mass is 9.94. The average molecular weight is 439 g/mol. The van der Waals surface area contributed by atoms with E-state index in [0.717, 1.165) is 29.3 Å². The van der Waals surface area contributed by atoms with E-state index in [1.54, 1.807) is 4.90 Å². The second-order valence-electron chi connectivity index (χ2n) is 9.39. The highest BCUT2D eigenvalue weighted by molar-refractivity contribution is 5.91. The summed E-state index contributed by atoms with van der Waals surface area (Å²) in [6.07, 6.45) is 0.738. The highest BCUT2D eigenvalue weighted by Crippen LogP contribution is 2.32. The van der Waals surface area contributed by atoms with Crippen LogP contribution in [0.1, 0.15) is 40.5 Å². The molecular weight excluding hydrogens is 408 g/mol. The largest absolute Gasteiger partial charge is 0.465 e. The SMILES string of the molecule is CC1CCC(N(C(=O)O)C(C)(C)C)CN1c1cc(-c2ccc3c(N)n[nH]c3c2)nc(N)n1. The van der Waals surface area contributed by atoms with Crippen LogP contribution in [0.25, 0.3) is 22.2 Å². The lowest BCUT2D eigenvalue weighted by Gasteiger charge is -2.46. The van der Waals surface area contributed by atoms with E-state index < -0.39 is 11.6 Å². The molecule has 2 atom stereocenters. The van der Waals surface area contributed by atoms with E-state index in [-0.39, 0.29) is 18.0 Å². The summed E-state index contributed by atoms with van der Waals surface area (Å²) in [6, 6.07) is 7.70. The van der Waals surface area contributed by atoms with Gasteiger partial charge in [-0.15, -0.1) is 0 Å². The predicted molar refractivity (Wildman–Crippen MR) is 125 cm³/mol. The van der Waals surface area contributed by atoms with Gasteiger partial charge in [0.2, 0.25) is 5.95 Å². The van der Waals surface area contributed by atoms with Gasteiger partial charge in [0.25, 0.3) is 0 Å². The van der Waals surface area contributed by atoms with Crippen LogP contribution in [-0.2, 0) is 0 Å². The Labute approximate surface area is 186 Å². The van der Waals surface area contributed by atoms with Gasteiger partial charge in [0.1, 0.15) is 5.82 Å². The molecule has 2 unspecified atom stereocenters. The number of H-pyrrole nitrogens is 1. The molecule has 3 heterocycles. The zero-order valence-electron chi connectivity index (χ0n) is 18.8. The highest BCUT2D eigenvalue weighted by atomic mass is 16.4. The molecule has 1 fully saturated rings. The molecular formula is C22H30N8O2. The summed E-state index contributed by atoms with van der Waals surface area (Å²) in [5.41, 5.74) is 13.8. The first kappa shape index (κ1) is 21.7. The van der Waals surface area contributed by atoms with Crippen molar-refractivity contribution < 1.29 is 9.90 Å². The number of hydrogen-bond donors (Lipinski definition) is 4. The molecule has 1 aromatic carbocycles. The number of aromatic nitrogens is 4. The van der Waals surface area contributed by atoms with Crippen LogP contribution in [0.15, 0.2) is 24.3 Å². The molecule has 0 spiro atoms. The number of amides is 1. The van der Waals surface area contributed by atoms with Crippen LogP contribution in [0.3, 0.4) is 0 Å². The number of nitrogens with one attached hydrogen (secondary N) is 1. The predicted octanol–water partition coefficient (Wildman–Crippen LogP) is 3.32. The third-order valence-corrected chi connectivity index (χ3v) is 6.06.